The highest BCUT2D eigenvalue weighted by Gasteiger charge is 2.22. The molecule has 0 aliphatic rings. The Morgan fingerprint density at radius 1 is 0.900 bits per heavy atom. The van der Waals surface area contributed by atoms with Crippen LogP contribution in [0.3, 0.4) is 0 Å². The normalized spacial score (nSPS) is 12.7. The molecule has 1 aromatic heterocycles. The number of benzene rings is 3. The molecule has 0 saturated carbocycles. The third-order valence-corrected chi connectivity index (χ3v) is 7.14. The van der Waals surface area contributed by atoms with Crippen molar-refractivity contribution < 1.29 is 13.2 Å². The molecule has 30 heavy (non-hydrogen) atoms. The fraction of sp³-hybridized carbons (Fsp3) is 0.160. The molecule has 0 saturated heterocycles. The van der Waals surface area contributed by atoms with Crippen molar-refractivity contribution in [1.29, 1.82) is 0 Å². The minimum Gasteiger partial charge on any atom is -0.303 e. The van der Waals surface area contributed by atoms with E-state index in [0.717, 1.165) is 28.4 Å². The maximum Gasteiger partial charge on any atom is 0.268 e. The second kappa shape index (κ2) is 8.28. The molecule has 5 heteroatoms. The number of hydrogen-bond donors (Lipinski definition) is 0. The summed E-state index contributed by atoms with van der Waals surface area (Å²) in [6, 6.07) is 24.3. The Labute approximate surface area is 176 Å². The molecular formula is C25H23NO3S. The highest BCUT2D eigenvalue weighted by Crippen LogP contribution is 2.31. The van der Waals surface area contributed by atoms with E-state index in [4.69, 9.17) is 0 Å². The van der Waals surface area contributed by atoms with Gasteiger partial charge in [0.15, 0.2) is 0 Å². The van der Waals surface area contributed by atoms with Gasteiger partial charge in [-0.3, -0.25) is 0 Å². The van der Waals surface area contributed by atoms with Crippen molar-refractivity contribution in [2.24, 2.45) is 0 Å². The van der Waals surface area contributed by atoms with Gasteiger partial charge in [0.2, 0.25) is 0 Å². The van der Waals surface area contributed by atoms with Crippen LogP contribution in [0.25, 0.3) is 10.9 Å². The first-order valence-electron chi connectivity index (χ1n) is 9.90. The van der Waals surface area contributed by atoms with Crippen molar-refractivity contribution in [3.8, 4) is 0 Å². The molecule has 1 heterocycles. The second-order valence-electron chi connectivity index (χ2n) is 7.50. The van der Waals surface area contributed by atoms with Crippen molar-refractivity contribution in [3.63, 3.8) is 0 Å². The predicted molar refractivity (Wildman–Crippen MR) is 119 cm³/mol. The Kier molecular flexibility index (Phi) is 5.55. The minimum atomic E-state index is -3.73. The first-order chi connectivity index (χ1) is 14.5. The van der Waals surface area contributed by atoms with Crippen LogP contribution in [0.2, 0.25) is 0 Å². The third-order valence-electron chi connectivity index (χ3n) is 5.46. The SMILES string of the molecule is Cc1ccc(S(=O)(=O)n2cc(C[C@@H](CC=O)c3ccccc3)c3ccccc32)cc1. The lowest BCUT2D eigenvalue weighted by Gasteiger charge is -2.14. The van der Waals surface area contributed by atoms with Crippen molar-refractivity contribution in [2.45, 2.75) is 30.6 Å². The molecule has 0 N–H and O–H groups in total. The van der Waals surface area contributed by atoms with Crippen LogP contribution < -0.4 is 0 Å². The minimum absolute atomic E-state index is 0.00923. The first kappa shape index (κ1) is 20.1. The lowest BCUT2D eigenvalue weighted by atomic mass is 9.90. The van der Waals surface area contributed by atoms with Crippen LogP contribution in [-0.4, -0.2) is 18.7 Å². The van der Waals surface area contributed by atoms with Crippen molar-refractivity contribution in [3.05, 3.63) is 102 Å². The molecule has 0 unspecified atom stereocenters. The predicted octanol–water partition coefficient (Wildman–Crippen LogP) is 5.10. The van der Waals surface area contributed by atoms with E-state index in [9.17, 15) is 13.2 Å². The van der Waals surface area contributed by atoms with E-state index in [2.05, 4.69) is 0 Å². The average molecular weight is 418 g/mol. The van der Waals surface area contributed by atoms with E-state index < -0.39 is 10.0 Å². The van der Waals surface area contributed by atoms with Gasteiger partial charge < -0.3 is 4.79 Å². The molecule has 4 rings (SSSR count). The monoisotopic (exact) mass is 417 g/mol. The lowest BCUT2D eigenvalue weighted by molar-refractivity contribution is -0.108. The number of carbonyl (C=O) groups is 1. The van der Waals surface area contributed by atoms with E-state index >= 15 is 0 Å². The Hall–Kier alpha value is -3.18. The summed E-state index contributed by atoms with van der Waals surface area (Å²) in [5, 5.41) is 0.889. The number of nitrogens with zero attached hydrogens (tertiary/aromatic N) is 1. The number of aryl methyl sites for hydroxylation is 1. The number of rotatable bonds is 7. The van der Waals surface area contributed by atoms with Crippen LogP contribution in [0, 0.1) is 6.92 Å². The molecule has 0 fully saturated rings. The number of para-hydroxylation sites is 1. The molecule has 0 spiro atoms. The van der Waals surface area contributed by atoms with Gasteiger partial charge in [0.1, 0.15) is 6.29 Å². The van der Waals surface area contributed by atoms with Crippen molar-refractivity contribution >= 4 is 27.2 Å². The van der Waals surface area contributed by atoms with Crippen LogP contribution in [-0.2, 0) is 21.2 Å². The van der Waals surface area contributed by atoms with Gasteiger partial charge in [-0.25, -0.2) is 12.4 Å². The van der Waals surface area contributed by atoms with Crippen LogP contribution in [0.5, 0.6) is 0 Å². The van der Waals surface area contributed by atoms with Gasteiger partial charge in [-0.15, -0.1) is 0 Å². The fourth-order valence-corrected chi connectivity index (χ4v) is 5.24. The quantitative estimate of drug-likeness (QED) is 0.393. The average Bonchev–Trinajstić information content (AvgIpc) is 3.14. The van der Waals surface area contributed by atoms with Crippen LogP contribution in [0.15, 0.2) is 90.0 Å². The number of aromatic nitrogens is 1. The lowest BCUT2D eigenvalue weighted by Crippen LogP contribution is -2.12. The number of carbonyl (C=O) groups excluding carboxylic acids is 1. The molecule has 152 valence electrons. The number of fused-ring (bicyclic) bond motifs is 1. The Morgan fingerprint density at radius 2 is 1.57 bits per heavy atom. The molecule has 4 nitrogen and oxygen atoms in total. The fourth-order valence-electron chi connectivity index (χ4n) is 3.85. The van der Waals surface area contributed by atoms with Gasteiger partial charge in [-0.1, -0.05) is 66.2 Å². The Balaban J connectivity index is 1.81. The summed E-state index contributed by atoms with van der Waals surface area (Å²) in [7, 11) is -3.73. The zero-order valence-corrected chi connectivity index (χ0v) is 17.5. The van der Waals surface area contributed by atoms with Gasteiger partial charge in [0.05, 0.1) is 10.4 Å². The summed E-state index contributed by atoms with van der Waals surface area (Å²) in [4.78, 5) is 11.6. The highest BCUT2D eigenvalue weighted by molar-refractivity contribution is 7.90. The zero-order chi connectivity index (χ0) is 21.1. The maximum atomic E-state index is 13.4. The number of aldehydes is 1. The van der Waals surface area contributed by atoms with Gasteiger partial charge >= 0.3 is 0 Å². The molecule has 4 aromatic rings. The molecule has 0 aliphatic carbocycles. The summed E-state index contributed by atoms with van der Waals surface area (Å²) in [6.07, 6.45) is 3.61. The van der Waals surface area contributed by atoms with Crippen molar-refractivity contribution in [1.82, 2.24) is 3.97 Å². The summed E-state index contributed by atoms with van der Waals surface area (Å²) in [6.45, 7) is 1.93. The van der Waals surface area contributed by atoms with E-state index in [1.165, 1.54) is 3.97 Å². The summed E-state index contributed by atoms with van der Waals surface area (Å²) < 4.78 is 28.1. The van der Waals surface area contributed by atoms with Crippen molar-refractivity contribution in [2.75, 3.05) is 0 Å². The second-order valence-corrected chi connectivity index (χ2v) is 9.31. The maximum absolute atomic E-state index is 13.4. The van der Waals surface area contributed by atoms with E-state index in [0.29, 0.717) is 18.4 Å². The van der Waals surface area contributed by atoms with Gasteiger partial charge in [-0.2, -0.15) is 0 Å². The molecule has 0 aliphatic heterocycles. The van der Waals surface area contributed by atoms with Crippen LogP contribution in [0.1, 0.15) is 29.0 Å². The molecule has 1 atom stereocenters. The van der Waals surface area contributed by atoms with E-state index in [1.54, 1.807) is 30.5 Å². The van der Waals surface area contributed by atoms with Crippen LogP contribution in [0.4, 0.5) is 0 Å². The standard InChI is InChI=1S/C25H23NO3S/c1-19-11-13-23(14-12-19)30(28,29)26-18-22(24-9-5-6-10-25(24)26)17-21(15-16-27)20-7-3-2-4-8-20/h2-14,16,18,21H,15,17H2,1H3/t21-/m1/s1. The van der Waals surface area contributed by atoms with Gasteiger partial charge in [-0.05, 0) is 48.6 Å². The third kappa shape index (κ3) is 3.81. The summed E-state index contributed by atoms with van der Waals surface area (Å²) in [5.74, 6) is -0.00923. The zero-order valence-electron chi connectivity index (χ0n) is 16.7. The number of hydrogen-bond acceptors (Lipinski definition) is 3. The largest absolute Gasteiger partial charge is 0.303 e. The molecule has 0 amide bonds. The molecule has 3 aromatic carbocycles. The first-order valence-corrected chi connectivity index (χ1v) is 11.3. The smallest absolute Gasteiger partial charge is 0.268 e. The van der Waals surface area contributed by atoms with Crippen LogP contribution >= 0.6 is 0 Å². The Bertz CT molecular complexity index is 1270. The van der Waals surface area contributed by atoms with E-state index in [-0.39, 0.29) is 10.8 Å². The molecular weight excluding hydrogens is 394 g/mol. The molecule has 0 bridgehead atoms. The van der Waals surface area contributed by atoms with Gasteiger partial charge in [0, 0.05) is 18.0 Å². The summed E-state index contributed by atoms with van der Waals surface area (Å²) >= 11 is 0. The Morgan fingerprint density at radius 3 is 2.27 bits per heavy atom. The van der Waals surface area contributed by atoms with Gasteiger partial charge in [0.25, 0.3) is 10.0 Å². The highest BCUT2D eigenvalue weighted by atomic mass is 32.2. The van der Waals surface area contributed by atoms with E-state index in [1.807, 2.05) is 61.5 Å². The summed E-state index contributed by atoms with van der Waals surface area (Å²) in [5.41, 5.74) is 3.64. The molecule has 0 radical (unpaired) electrons. The topological polar surface area (TPSA) is 56.1 Å².